The average Bonchev–Trinajstić information content (AvgIpc) is 2.06. The van der Waals surface area contributed by atoms with Gasteiger partial charge < -0.3 is 11.1 Å². The van der Waals surface area contributed by atoms with Crippen LogP contribution >= 0.6 is 0 Å². The molecule has 0 saturated carbocycles. The van der Waals surface area contributed by atoms with Crippen LogP contribution in [0.25, 0.3) is 0 Å². The molecule has 58 valence electrons. The number of rotatable bonds is 3. The summed E-state index contributed by atoms with van der Waals surface area (Å²) in [4.78, 5) is 0. The maximum Gasteiger partial charge on any atom is 0.0250 e. The fraction of sp³-hybridized carbons (Fsp3) is 0.222. The Bertz CT molecular complexity index is 243. The van der Waals surface area contributed by atoms with Gasteiger partial charge in [-0.25, -0.2) is 0 Å². The van der Waals surface area contributed by atoms with Crippen molar-refractivity contribution in [3.63, 3.8) is 0 Å². The summed E-state index contributed by atoms with van der Waals surface area (Å²) in [7, 11) is 0. The van der Waals surface area contributed by atoms with Crippen LogP contribution in [0.2, 0.25) is 0 Å². The van der Waals surface area contributed by atoms with E-state index in [4.69, 9.17) is 11.1 Å². The molecule has 11 heavy (non-hydrogen) atoms. The highest BCUT2D eigenvalue weighted by Gasteiger charge is 1.91. The van der Waals surface area contributed by atoms with E-state index in [-0.39, 0.29) is 0 Å². The molecule has 3 N–H and O–H groups in total. The van der Waals surface area contributed by atoms with Gasteiger partial charge in [0.15, 0.2) is 0 Å². The molecule has 0 heterocycles. The van der Waals surface area contributed by atoms with Gasteiger partial charge in [-0.15, -0.1) is 0 Å². The van der Waals surface area contributed by atoms with Crippen molar-refractivity contribution in [2.24, 2.45) is 5.73 Å². The molecule has 0 atom stereocenters. The molecule has 2 nitrogen and oxygen atoms in total. The van der Waals surface area contributed by atoms with Crippen molar-refractivity contribution in [3.8, 4) is 0 Å². The second-order valence-electron chi connectivity index (χ2n) is 2.43. The molecule has 0 bridgehead atoms. The van der Waals surface area contributed by atoms with Gasteiger partial charge in [-0.1, -0.05) is 24.3 Å². The summed E-state index contributed by atoms with van der Waals surface area (Å²) < 4.78 is 0. The van der Waals surface area contributed by atoms with Crippen molar-refractivity contribution in [3.05, 3.63) is 35.4 Å². The van der Waals surface area contributed by atoms with Crippen LogP contribution in [0.5, 0.6) is 0 Å². The Kier molecular flexibility index (Phi) is 2.81. The Morgan fingerprint density at radius 2 is 2.27 bits per heavy atom. The van der Waals surface area contributed by atoms with Crippen molar-refractivity contribution < 1.29 is 0 Å². The topological polar surface area (TPSA) is 49.9 Å². The number of hydrogen-bond donors (Lipinski definition) is 2. The zero-order chi connectivity index (χ0) is 8.10. The first-order valence-electron chi connectivity index (χ1n) is 3.66. The second kappa shape index (κ2) is 3.88. The normalized spacial score (nSPS) is 9.55. The van der Waals surface area contributed by atoms with Crippen molar-refractivity contribution in [1.29, 1.82) is 5.41 Å². The molecule has 0 unspecified atom stereocenters. The molecule has 0 aliphatic heterocycles. The van der Waals surface area contributed by atoms with E-state index in [0.29, 0.717) is 6.54 Å². The molecule has 1 rings (SSSR count). The quantitative estimate of drug-likeness (QED) is 0.621. The predicted octanol–water partition coefficient (Wildman–Crippen LogP) is 1.19. The van der Waals surface area contributed by atoms with E-state index in [0.717, 1.165) is 12.0 Å². The highest BCUT2D eigenvalue weighted by Crippen LogP contribution is 2.02. The van der Waals surface area contributed by atoms with Gasteiger partial charge in [0.05, 0.1) is 0 Å². The lowest BCUT2D eigenvalue weighted by atomic mass is 10.1. The van der Waals surface area contributed by atoms with E-state index < -0.39 is 0 Å². The molecule has 2 heteroatoms. The first-order valence-corrected chi connectivity index (χ1v) is 3.66. The van der Waals surface area contributed by atoms with Gasteiger partial charge in [-0.2, -0.15) is 0 Å². The standard InChI is InChI=1S/C9H12N2/c10-5-4-8-2-1-3-9(6-8)7-11/h1-3,6-7,11H,4-5,10H2. The number of benzene rings is 1. The lowest BCUT2D eigenvalue weighted by Gasteiger charge is -1.98. The zero-order valence-corrected chi connectivity index (χ0v) is 6.38. The Balaban J connectivity index is 2.82. The summed E-state index contributed by atoms with van der Waals surface area (Å²) in [5, 5.41) is 7.02. The summed E-state index contributed by atoms with van der Waals surface area (Å²) in [5.41, 5.74) is 7.54. The number of nitrogens with one attached hydrogen (secondary N) is 1. The van der Waals surface area contributed by atoms with E-state index in [9.17, 15) is 0 Å². The second-order valence-corrected chi connectivity index (χ2v) is 2.43. The number of hydrogen-bond acceptors (Lipinski definition) is 2. The van der Waals surface area contributed by atoms with Gasteiger partial charge in [-0.05, 0) is 24.1 Å². The van der Waals surface area contributed by atoms with Crippen LogP contribution < -0.4 is 5.73 Å². The van der Waals surface area contributed by atoms with Gasteiger partial charge in [0.1, 0.15) is 0 Å². The predicted molar refractivity (Wildman–Crippen MR) is 47.1 cm³/mol. The van der Waals surface area contributed by atoms with Crippen LogP contribution in [0.1, 0.15) is 11.1 Å². The minimum Gasteiger partial charge on any atom is -0.330 e. The molecule has 0 spiro atoms. The minimum absolute atomic E-state index is 0.668. The van der Waals surface area contributed by atoms with Gasteiger partial charge in [-0.3, -0.25) is 0 Å². The molecule has 1 aromatic rings. The maximum atomic E-state index is 7.02. The molecule has 0 fully saturated rings. The van der Waals surface area contributed by atoms with Gasteiger partial charge in [0.25, 0.3) is 0 Å². The van der Waals surface area contributed by atoms with Crippen LogP contribution in [0.3, 0.4) is 0 Å². The highest BCUT2D eigenvalue weighted by molar-refractivity contribution is 5.77. The van der Waals surface area contributed by atoms with Crippen LogP contribution in [0.15, 0.2) is 24.3 Å². The summed E-state index contributed by atoms with van der Waals surface area (Å²) in [5.74, 6) is 0. The SMILES string of the molecule is N=Cc1cccc(CCN)c1. The molecule has 0 amide bonds. The number of nitrogens with two attached hydrogens (primary N) is 1. The van der Waals surface area contributed by atoms with E-state index in [2.05, 4.69) is 0 Å². The first kappa shape index (κ1) is 7.95. The van der Waals surface area contributed by atoms with Crippen LogP contribution in [0.4, 0.5) is 0 Å². The summed E-state index contributed by atoms with van der Waals surface area (Å²) >= 11 is 0. The lowest BCUT2D eigenvalue weighted by molar-refractivity contribution is 0.968. The molecule has 0 aliphatic carbocycles. The third-order valence-corrected chi connectivity index (χ3v) is 1.55. The molecular weight excluding hydrogens is 136 g/mol. The van der Waals surface area contributed by atoms with Crippen molar-refractivity contribution in [2.45, 2.75) is 6.42 Å². The molecule has 0 saturated heterocycles. The van der Waals surface area contributed by atoms with Crippen LogP contribution in [-0.4, -0.2) is 12.8 Å². The van der Waals surface area contributed by atoms with Gasteiger partial charge in [0.2, 0.25) is 0 Å². The average molecular weight is 148 g/mol. The van der Waals surface area contributed by atoms with E-state index in [1.165, 1.54) is 11.8 Å². The van der Waals surface area contributed by atoms with Crippen LogP contribution in [-0.2, 0) is 6.42 Å². The van der Waals surface area contributed by atoms with Crippen molar-refractivity contribution in [1.82, 2.24) is 0 Å². The Hall–Kier alpha value is -1.15. The van der Waals surface area contributed by atoms with Crippen LogP contribution in [0, 0.1) is 5.41 Å². The monoisotopic (exact) mass is 148 g/mol. The Morgan fingerprint density at radius 1 is 1.45 bits per heavy atom. The summed E-state index contributed by atoms with van der Waals surface area (Å²) in [6.07, 6.45) is 2.24. The van der Waals surface area contributed by atoms with E-state index >= 15 is 0 Å². The van der Waals surface area contributed by atoms with Gasteiger partial charge in [0, 0.05) is 6.21 Å². The molecule has 0 aliphatic rings. The lowest BCUT2D eigenvalue weighted by Crippen LogP contribution is -2.02. The maximum absolute atomic E-state index is 7.02. The van der Waals surface area contributed by atoms with Crippen molar-refractivity contribution in [2.75, 3.05) is 6.54 Å². The molecule has 0 radical (unpaired) electrons. The molecule has 1 aromatic carbocycles. The fourth-order valence-corrected chi connectivity index (χ4v) is 1.01. The van der Waals surface area contributed by atoms with E-state index in [1.807, 2.05) is 24.3 Å². The summed E-state index contributed by atoms with van der Waals surface area (Å²) in [6.45, 7) is 0.668. The third-order valence-electron chi connectivity index (χ3n) is 1.55. The zero-order valence-electron chi connectivity index (χ0n) is 6.38. The minimum atomic E-state index is 0.668. The molecular formula is C9H12N2. The van der Waals surface area contributed by atoms with Crippen molar-refractivity contribution >= 4 is 6.21 Å². The molecule has 0 aromatic heterocycles. The smallest absolute Gasteiger partial charge is 0.0250 e. The Morgan fingerprint density at radius 3 is 2.91 bits per heavy atom. The first-order chi connectivity index (χ1) is 5.36. The third kappa shape index (κ3) is 2.16. The Labute approximate surface area is 66.6 Å². The largest absolute Gasteiger partial charge is 0.330 e. The summed E-state index contributed by atoms with van der Waals surface area (Å²) in [6, 6.07) is 7.87. The highest BCUT2D eigenvalue weighted by atomic mass is 14.5. The fourth-order valence-electron chi connectivity index (χ4n) is 1.01. The van der Waals surface area contributed by atoms with Gasteiger partial charge >= 0.3 is 0 Å². The van der Waals surface area contributed by atoms with E-state index in [1.54, 1.807) is 0 Å².